The van der Waals surface area contributed by atoms with Crippen LogP contribution in [0.15, 0.2) is 30.3 Å². The van der Waals surface area contributed by atoms with Gasteiger partial charge in [0.25, 0.3) is 0 Å². The summed E-state index contributed by atoms with van der Waals surface area (Å²) in [6, 6.07) is 7.64. The minimum absolute atomic E-state index is 0.288. The van der Waals surface area contributed by atoms with Gasteiger partial charge in [-0.15, -0.1) is 13.2 Å². The Morgan fingerprint density at radius 1 is 0.971 bits per heavy atom. The predicted molar refractivity (Wildman–Crippen MR) is 116 cm³/mol. The molecule has 1 fully saturated rings. The maximum atomic E-state index is 12.5. The summed E-state index contributed by atoms with van der Waals surface area (Å²) >= 11 is 0. The molecule has 2 aliphatic rings. The van der Waals surface area contributed by atoms with E-state index in [4.69, 9.17) is 4.74 Å². The Bertz CT molecular complexity index is 1010. The molecule has 0 unspecified atom stereocenters. The highest BCUT2D eigenvalue weighted by Crippen LogP contribution is 2.39. The Balaban J connectivity index is 1.69. The molecule has 4 rings (SSSR count). The van der Waals surface area contributed by atoms with E-state index < -0.39 is 43.5 Å². The Morgan fingerprint density at radius 3 is 2.24 bits per heavy atom. The van der Waals surface area contributed by atoms with Crippen LogP contribution in [0, 0.1) is 6.92 Å². The van der Waals surface area contributed by atoms with Gasteiger partial charge in [-0.1, -0.05) is 18.2 Å². The maximum absolute atomic E-state index is 12.5. The number of hydrogen-bond donors (Lipinski definition) is 4. The summed E-state index contributed by atoms with van der Waals surface area (Å²) in [6.07, 6.45) is -6.80. The maximum Gasteiger partial charge on any atom is 0.573 e. The number of rotatable bonds is 5. The zero-order chi connectivity index (χ0) is 24.6. The van der Waals surface area contributed by atoms with Crippen LogP contribution in [0.1, 0.15) is 52.3 Å². The zero-order valence-electron chi connectivity index (χ0n) is 18.8. The molecule has 5 atom stereocenters. The summed E-state index contributed by atoms with van der Waals surface area (Å²) in [5, 5.41) is 40.7. The molecule has 1 aliphatic carbocycles. The van der Waals surface area contributed by atoms with Crippen molar-refractivity contribution in [2.45, 2.75) is 75.9 Å². The van der Waals surface area contributed by atoms with Gasteiger partial charge in [0.05, 0.1) is 6.61 Å². The second-order valence-corrected chi connectivity index (χ2v) is 9.03. The van der Waals surface area contributed by atoms with Crippen LogP contribution in [0.3, 0.4) is 0 Å². The third-order valence-corrected chi connectivity index (χ3v) is 6.82. The number of hydrogen-bond acceptors (Lipinski definition) is 6. The molecule has 0 radical (unpaired) electrons. The molecule has 1 aliphatic heterocycles. The molecule has 0 spiro atoms. The third-order valence-electron chi connectivity index (χ3n) is 6.82. The van der Waals surface area contributed by atoms with Gasteiger partial charge in [0.2, 0.25) is 0 Å². The van der Waals surface area contributed by atoms with E-state index in [-0.39, 0.29) is 5.75 Å². The standard InChI is InChI=1S/C25H29F3O6/c1-13-17-4-2-3-5-18(17)15(10-14-6-8-16(9-7-14)34-25(26,27)28)11-19(13)24-23(32)22(31)21(30)20(12-29)33-24/h6-9,11,20-24,29-32H,2-5,10,12H2,1H3/t20-,21-,22+,23-,24+/m1/s1. The lowest BCUT2D eigenvalue weighted by Gasteiger charge is -2.41. The van der Waals surface area contributed by atoms with E-state index in [1.165, 1.54) is 17.7 Å². The molecule has 2 aromatic carbocycles. The molecular formula is C25H29F3O6. The lowest BCUT2D eigenvalue weighted by Crippen LogP contribution is -2.55. The molecule has 4 N–H and O–H groups in total. The number of benzene rings is 2. The van der Waals surface area contributed by atoms with Crippen LogP contribution < -0.4 is 4.74 Å². The van der Waals surface area contributed by atoms with Gasteiger partial charge in [0, 0.05) is 0 Å². The Morgan fingerprint density at radius 2 is 1.62 bits per heavy atom. The zero-order valence-corrected chi connectivity index (χ0v) is 18.8. The number of halogens is 3. The van der Waals surface area contributed by atoms with Gasteiger partial charge in [-0.05, 0) is 84.5 Å². The molecule has 1 heterocycles. The fourth-order valence-corrected chi connectivity index (χ4v) is 5.07. The van der Waals surface area contributed by atoms with Gasteiger partial charge >= 0.3 is 6.36 Å². The van der Waals surface area contributed by atoms with Gasteiger partial charge in [0.1, 0.15) is 36.3 Å². The minimum Gasteiger partial charge on any atom is -0.406 e. The van der Waals surface area contributed by atoms with Gasteiger partial charge in [-0.2, -0.15) is 0 Å². The molecule has 0 saturated carbocycles. The van der Waals surface area contributed by atoms with Crippen LogP contribution in [0.4, 0.5) is 13.2 Å². The normalized spacial score (nSPS) is 27.4. The number of alkyl halides is 3. The van der Waals surface area contributed by atoms with E-state index in [0.29, 0.717) is 12.0 Å². The molecule has 186 valence electrons. The smallest absolute Gasteiger partial charge is 0.406 e. The van der Waals surface area contributed by atoms with Crippen molar-refractivity contribution in [3.63, 3.8) is 0 Å². The van der Waals surface area contributed by atoms with Crippen molar-refractivity contribution in [1.29, 1.82) is 0 Å². The monoisotopic (exact) mass is 482 g/mol. The molecule has 2 aromatic rings. The van der Waals surface area contributed by atoms with E-state index in [0.717, 1.165) is 47.9 Å². The van der Waals surface area contributed by atoms with Crippen molar-refractivity contribution in [2.24, 2.45) is 0 Å². The highest BCUT2D eigenvalue weighted by atomic mass is 19.4. The molecule has 0 bridgehead atoms. The van der Waals surface area contributed by atoms with Gasteiger partial charge in [0.15, 0.2) is 0 Å². The summed E-state index contributed by atoms with van der Waals surface area (Å²) in [5.74, 6) is -0.288. The first-order valence-electron chi connectivity index (χ1n) is 11.4. The van der Waals surface area contributed by atoms with Crippen molar-refractivity contribution >= 4 is 0 Å². The van der Waals surface area contributed by atoms with Crippen LogP contribution in [0.2, 0.25) is 0 Å². The second kappa shape index (κ2) is 9.83. The van der Waals surface area contributed by atoms with E-state index in [9.17, 15) is 33.6 Å². The summed E-state index contributed by atoms with van der Waals surface area (Å²) in [4.78, 5) is 0. The Kier molecular flexibility index (Phi) is 7.21. The summed E-state index contributed by atoms with van der Waals surface area (Å²) in [5.41, 5.74) is 5.71. The van der Waals surface area contributed by atoms with Gasteiger partial charge < -0.3 is 29.9 Å². The average Bonchev–Trinajstić information content (AvgIpc) is 2.80. The van der Waals surface area contributed by atoms with Gasteiger partial charge in [-0.3, -0.25) is 0 Å². The first-order valence-corrected chi connectivity index (χ1v) is 11.4. The van der Waals surface area contributed by atoms with E-state index in [1.54, 1.807) is 12.1 Å². The van der Waals surface area contributed by atoms with Crippen LogP contribution >= 0.6 is 0 Å². The molecule has 6 nitrogen and oxygen atoms in total. The topological polar surface area (TPSA) is 99.4 Å². The molecule has 34 heavy (non-hydrogen) atoms. The Hall–Kier alpha value is -2.17. The predicted octanol–water partition coefficient (Wildman–Crippen LogP) is 2.88. The van der Waals surface area contributed by atoms with Crippen molar-refractivity contribution in [1.82, 2.24) is 0 Å². The first kappa shape index (κ1) is 24.9. The average molecular weight is 482 g/mol. The Labute approximate surface area is 195 Å². The van der Waals surface area contributed by atoms with Gasteiger partial charge in [-0.25, -0.2) is 0 Å². The van der Waals surface area contributed by atoms with Crippen LogP contribution in [0.25, 0.3) is 0 Å². The van der Waals surface area contributed by atoms with Crippen LogP contribution in [-0.4, -0.2) is 57.8 Å². The third kappa shape index (κ3) is 5.08. The van der Waals surface area contributed by atoms with E-state index in [2.05, 4.69) is 4.74 Å². The molecule has 0 aromatic heterocycles. The molecule has 0 amide bonds. The SMILES string of the molecule is Cc1c([C@@H]2O[C@H](CO)[C@@H](O)[C@H](O)[C@H]2O)cc(Cc2ccc(OC(F)(F)F)cc2)c2c1CCCC2. The number of fused-ring (bicyclic) bond motifs is 1. The second-order valence-electron chi connectivity index (χ2n) is 9.03. The lowest BCUT2D eigenvalue weighted by molar-refractivity contribution is -0.274. The van der Waals surface area contributed by atoms with Crippen LogP contribution in [-0.2, 0) is 24.0 Å². The fraction of sp³-hybridized carbons (Fsp3) is 0.520. The first-order chi connectivity index (χ1) is 16.1. The fourth-order valence-electron chi connectivity index (χ4n) is 5.07. The lowest BCUT2D eigenvalue weighted by atomic mass is 9.79. The molecule has 9 heteroatoms. The summed E-state index contributed by atoms with van der Waals surface area (Å²) in [6.45, 7) is 1.43. The van der Waals surface area contributed by atoms with E-state index in [1.807, 2.05) is 13.0 Å². The van der Waals surface area contributed by atoms with Crippen molar-refractivity contribution < 1.29 is 43.1 Å². The number of aliphatic hydroxyl groups excluding tert-OH is 4. The van der Waals surface area contributed by atoms with Crippen molar-refractivity contribution in [3.8, 4) is 5.75 Å². The summed E-state index contributed by atoms with van der Waals surface area (Å²) < 4.78 is 47.2. The minimum atomic E-state index is -4.75. The highest BCUT2D eigenvalue weighted by molar-refractivity contribution is 5.50. The van der Waals surface area contributed by atoms with Crippen LogP contribution in [0.5, 0.6) is 5.75 Å². The van der Waals surface area contributed by atoms with E-state index >= 15 is 0 Å². The largest absolute Gasteiger partial charge is 0.573 e. The quantitative estimate of drug-likeness (QED) is 0.523. The highest BCUT2D eigenvalue weighted by Gasteiger charge is 2.44. The number of ether oxygens (including phenoxy) is 2. The summed E-state index contributed by atoms with van der Waals surface area (Å²) in [7, 11) is 0. The van der Waals surface area contributed by atoms with Crippen molar-refractivity contribution in [2.75, 3.05) is 6.61 Å². The van der Waals surface area contributed by atoms with Crippen molar-refractivity contribution in [3.05, 3.63) is 63.7 Å². The number of aliphatic hydroxyl groups is 4. The molecule has 1 saturated heterocycles. The molecular weight excluding hydrogens is 453 g/mol.